The van der Waals surface area contributed by atoms with Crippen molar-refractivity contribution < 1.29 is 9.59 Å². The molecular formula is C18H14O2. The lowest BCUT2D eigenvalue weighted by Gasteiger charge is -2.11. The third-order valence-corrected chi connectivity index (χ3v) is 3.03. The van der Waals surface area contributed by atoms with Crippen LogP contribution in [0.3, 0.4) is 0 Å². The summed E-state index contributed by atoms with van der Waals surface area (Å²) < 4.78 is 0. The number of carbonyl (C=O) groups excluding carboxylic acids is 2. The van der Waals surface area contributed by atoms with E-state index in [1.807, 2.05) is 36.4 Å². The van der Waals surface area contributed by atoms with Gasteiger partial charge >= 0.3 is 0 Å². The average molecular weight is 262 g/mol. The summed E-state index contributed by atoms with van der Waals surface area (Å²) in [5.74, 6) is -0.539. The summed E-state index contributed by atoms with van der Waals surface area (Å²) in [5.41, 5.74) is 2.34. The number of ketones is 2. The van der Waals surface area contributed by atoms with Gasteiger partial charge in [0.15, 0.2) is 11.6 Å². The molecule has 0 radical (unpaired) electrons. The molecule has 0 unspecified atom stereocenters. The van der Waals surface area contributed by atoms with Crippen LogP contribution in [0.1, 0.15) is 20.7 Å². The van der Waals surface area contributed by atoms with E-state index in [4.69, 9.17) is 0 Å². The summed E-state index contributed by atoms with van der Waals surface area (Å²) in [6, 6.07) is 14.7. The van der Waals surface area contributed by atoms with Crippen molar-refractivity contribution in [3.05, 3.63) is 85.0 Å². The summed E-state index contributed by atoms with van der Waals surface area (Å²) in [7, 11) is 0. The van der Waals surface area contributed by atoms with Gasteiger partial charge in [-0.25, -0.2) is 0 Å². The van der Waals surface area contributed by atoms with Crippen LogP contribution in [-0.4, -0.2) is 11.6 Å². The molecule has 2 aromatic carbocycles. The van der Waals surface area contributed by atoms with Gasteiger partial charge in [0.2, 0.25) is 0 Å². The maximum Gasteiger partial charge on any atom is 0.186 e. The minimum atomic E-state index is -0.270. The van der Waals surface area contributed by atoms with Gasteiger partial charge in [0.25, 0.3) is 0 Å². The predicted octanol–water partition coefficient (Wildman–Crippen LogP) is 4.09. The van der Waals surface area contributed by atoms with Crippen LogP contribution in [0.2, 0.25) is 0 Å². The van der Waals surface area contributed by atoms with Crippen LogP contribution in [0, 0.1) is 0 Å². The van der Waals surface area contributed by atoms with Crippen molar-refractivity contribution >= 4 is 11.6 Å². The molecular weight excluding hydrogens is 248 g/mol. The van der Waals surface area contributed by atoms with Crippen LogP contribution in [0.4, 0.5) is 0 Å². The molecule has 2 nitrogen and oxygen atoms in total. The van der Waals surface area contributed by atoms with Gasteiger partial charge in [-0.3, -0.25) is 9.59 Å². The molecule has 0 aliphatic carbocycles. The van der Waals surface area contributed by atoms with Crippen molar-refractivity contribution in [1.82, 2.24) is 0 Å². The van der Waals surface area contributed by atoms with E-state index in [1.165, 1.54) is 12.2 Å². The first-order valence-electron chi connectivity index (χ1n) is 6.21. The van der Waals surface area contributed by atoms with Crippen LogP contribution < -0.4 is 0 Å². The first kappa shape index (κ1) is 13.7. The molecule has 20 heavy (non-hydrogen) atoms. The third kappa shape index (κ3) is 2.50. The number of hydrogen-bond acceptors (Lipinski definition) is 2. The van der Waals surface area contributed by atoms with E-state index < -0.39 is 0 Å². The largest absolute Gasteiger partial charge is 0.289 e. The smallest absolute Gasteiger partial charge is 0.186 e. The van der Waals surface area contributed by atoms with Crippen molar-refractivity contribution in [3.63, 3.8) is 0 Å². The zero-order valence-electron chi connectivity index (χ0n) is 11.0. The molecule has 98 valence electrons. The highest BCUT2D eigenvalue weighted by Crippen LogP contribution is 2.27. The lowest BCUT2D eigenvalue weighted by atomic mass is 9.91. The lowest BCUT2D eigenvalue weighted by Crippen LogP contribution is -2.07. The first-order valence-corrected chi connectivity index (χ1v) is 6.21. The zero-order chi connectivity index (χ0) is 14.5. The van der Waals surface area contributed by atoms with Crippen LogP contribution in [0.5, 0.6) is 0 Å². The Morgan fingerprint density at radius 3 is 2.05 bits per heavy atom. The number of carbonyl (C=O) groups is 2. The van der Waals surface area contributed by atoms with Crippen molar-refractivity contribution in [2.75, 3.05) is 0 Å². The fourth-order valence-electron chi connectivity index (χ4n) is 2.09. The average Bonchev–Trinajstić information content (AvgIpc) is 2.53. The molecule has 0 aliphatic heterocycles. The fourth-order valence-corrected chi connectivity index (χ4v) is 2.09. The monoisotopic (exact) mass is 262 g/mol. The van der Waals surface area contributed by atoms with Crippen LogP contribution in [0.15, 0.2) is 73.8 Å². The number of hydrogen-bond donors (Lipinski definition) is 0. The van der Waals surface area contributed by atoms with Crippen molar-refractivity contribution in [3.8, 4) is 11.1 Å². The fraction of sp³-hybridized carbons (Fsp3) is 0. The predicted molar refractivity (Wildman–Crippen MR) is 80.9 cm³/mol. The molecule has 2 heteroatoms. The lowest BCUT2D eigenvalue weighted by molar-refractivity contribution is 0.101. The molecule has 0 N–H and O–H groups in total. The summed E-state index contributed by atoms with van der Waals surface area (Å²) in [4.78, 5) is 24.1. The van der Waals surface area contributed by atoms with E-state index in [2.05, 4.69) is 13.2 Å². The maximum atomic E-state index is 12.1. The number of benzene rings is 2. The molecule has 0 saturated heterocycles. The van der Waals surface area contributed by atoms with Crippen molar-refractivity contribution in [2.45, 2.75) is 0 Å². The van der Waals surface area contributed by atoms with Gasteiger partial charge in [-0.1, -0.05) is 61.7 Å². The molecule has 0 heterocycles. The Morgan fingerprint density at radius 1 is 0.800 bits per heavy atom. The Hall–Kier alpha value is -2.74. The number of allylic oxidation sites excluding steroid dienone is 2. The van der Waals surface area contributed by atoms with Gasteiger partial charge < -0.3 is 0 Å². The topological polar surface area (TPSA) is 34.1 Å². The van der Waals surface area contributed by atoms with E-state index in [-0.39, 0.29) is 11.6 Å². The van der Waals surface area contributed by atoms with E-state index in [0.29, 0.717) is 11.1 Å². The second-order valence-electron chi connectivity index (χ2n) is 4.23. The highest BCUT2D eigenvalue weighted by atomic mass is 16.1. The van der Waals surface area contributed by atoms with Gasteiger partial charge in [-0.2, -0.15) is 0 Å². The van der Waals surface area contributed by atoms with Gasteiger partial charge in [0, 0.05) is 11.1 Å². The molecule has 2 aromatic rings. The summed E-state index contributed by atoms with van der Waals surface area (Å²) in [6.45, 7) is 6.99. The van der Waals surface area contributed by atoms with Gasteiger partial charge in [0.1, 0.15) is 0 Å². The molecule has 0 fully saturated rings. The Bertz CT molecular complexity index is 682. The van der Waals surface area contributed by atoms with E-state index in [0.717, 1.165) is 11.1 Å². The second-order valence-corrected chi connectivity index (χ2v) is 4.23. The van der Waals surface area contributed by atoms with Crippen LogP contribution >= 0.6 is 0 Å². The first-order chi connectivity index (χ1) is 9.69. The normalized spacial score (nSPS) is 9.80. The highest BCUT2D eigenvalue weighted by molar-refractivity contribution is 6.18. The molecule has 2 rings (SSSR count). The van der Waals surface area contributed by atoms with Gasteiger partial charge in [0.05, 0.1) is 0 Å². The minimum absolute atomic E-state index is 0.269. The second kappa shape index (κ2) is 5.93. The van der Waals surface area contributed by atoms with E-state index >= 15 is 0 Å². The Balaban J connectivity index is 2.75. The molecule has 0 aliphatic rings. The number of rotatable bonds is 5. The Morgan fingerprint density at radius 2 is 1.45 bits per heavy atom. The van der Waals surface area contributed by atoms with E-state index in [1.54, 1.807) is 12.1 Å². The Kier molecular flexibility index (Phi) is 4.06. The molecule has 0 atom stereocenters. The molecule has 0 amide bonds. The quantitative estimate of drug-likeness (QED) is 0.600. The molecule has 0 aromatic heterocycles. The summed E-state index contributed by atoms with van der Waals surface area (Å²) in [5, 5.41) is 0. The maximum absolute atomic E-state index is 12.1. The minimum Gasteiger partial charge on any atom is -0.289 e. The Labute approximate surface area is 118 Å². The van der Waals surface area contributed by atoms with Crippen molar-refractivity contribution in [1.29, 1.82) is 0 Å². The van der Waals surface area contributed by atoms with Gasteiger partial charge in [-0.15, -0.1) is 0 Å². The SMILES string of the molecule is C=CC(=O)c1cccc(-c2ccccc2)c1C(=O)C=C. The van der Waals surface area contributed by atoms with Gasteiger partial charge in [-0.05, 0) is 23.3 Å². The zero-order valence-corrected chi connectivity index (χ0v) is 11.0. The van der Waals surface area contributed by atoms with Crippen molar-refractivity contribution in [2.24, 2.45) is 0 Å². The standard InChI is InChI=1S/C18H14O2/c1-3-16(19)15-12-8-11-14(18(15)17(20)4-2)13-9-6-5-7-10-13/h3-12H,1-2H2. The van der Waals surface area contributed by atoms with Crippen LogP contribution in [-0.2, 0) is 0 Å². The molecule has 0 saturated carbocycles. The summed E-state index contributed by atoms with van der Waals surface area (Å²) >= 11 is 0. The van der Waals surface area contributed by atoms with Crippen LogP contribution in [0.25, 0.3) is 11.1 Å². The highest BCUT2D eigenvalue weighted by Gasteiger charge is 2.18. The third-order valence-electron chi connectivity index (χ3n) is 3.03. The molecule has 0 bridgehead atoms. The summed E-state index contributed by atoms with van der Waals surface area (Å²) in [6.07, 6.45) is 2.44. The molecule has 0 spiro atoms. The van der Waals surface area contributed by atoms with E-state index in [9.17, 15) is 9.59 Å².